The monoisotopic (exact) mass is 410 g/mol. The fourth-order valence-corrected chi connectivity index (χ4v) is 4.91. The molecule has 1 unspecified atom stereocenters. The number of nitrogens with zero attached hydrogens (tertiary/aromatic N) is 3. The summed E-state index contributed by atoms with van der Waals surface area (Å²) in [5.41, 5.74) is 8.20. The van der Waals surface area contributed by atoms with Gasteiger partial charge in [-0.2, -0.15) is 0 Å². The highest BCUT2D eigenvalue weighted by molar-refractivity contribution is 8.13. The summed E-state index contributed by atoms with van der Waals surface area (Å²) in [6.07, 6.45) is 0.931. The Morgan fingerprint density at radius 3 is 2.45 bits per heavy atom. The summed E-state index contributed by atoms with van der Waals surface area (Å²) >= 11 is 1.59. The van der Waals surface area contributed by atoms with Crippen molar-refractivity contribution < 1.29 is 9.90 Å². The van der Waals surface area contributed by atoms with Crippen LogP contribution in [0.4, 0.5) is 5.69 Å². The van der Waals surface area contributed by atoms with Gasteiger partial charge in [0.1, 0.15) is 5.75 Å². The first-order chi connectivity index (χ1) is 14.0. The predicted molar refractivity (Wildman–Crippen MR) is 119 cm³/mol. The number of piperazine rings is 1. The number of para-hydroxylation sites is 2. The van der Waals surface area contributed by atoms with Crippen molar-refractivity contribution in [3.8, 4) is 5.75 Å². The van der Waals surface area contributed by atoms with Gasteiger partial charge in [0.25, 0.3) is 5.91 Å². The largest absolute Gasteiger partial charge is 0.506 e. The number of aliphatic imine (C=N–C) groups is 1. The molecule has 0 radical (unpaired) electrons. The summed E-state index contributed by atoms with van der Waals surface area (Å²) in [7, 11) is 0. The topological polar surface area (TPSA) is 82.2 Å². The number of amidine groups is 1. The Bertz CT molecular complexity index is 923. The number of thioether (sulfide) groups is 1. The first-order valence-corrected chi connectivity index (χ1v) is 10.9. The molecule has 4 rings (SSSR count). The molecule has 0 aliphatic carbocycles. The van der Waals surface area contributed by atoms with Crippen LogP contribution in [-0.4, -0.2) is 53.0 Å². The average Bonchev–Trinajstić information content (AvgIpc) is 2.74. The van der Waals surface area contributed by atoms with Crippen molar-refractivity contribution in [1.82, 2.24) is 4.90 Å². The summed E-state index contributed by atoms with van der Waals surface area (Å²) in [5, 5.41) is 10.7. The summed E-state index contributed by atoms with van der Waals surface area (Å²) in [4.78, 5) is 21.6. The maximum atomic E-state index is 12.9. The normalized spacial score (nSPS) is 22.3. The SMILES string of the molecule is CC1(c2ccc(C(=O)N3CCN(c4ccccc4O)CC3)cc2)CCSC(N)=N1. The van der Waals surface area contributed by atoms with E-state index in [0.717, 1.165) is 23.4 Å². The number of rotatable bonds is 3. The molecule has 2 aliphatic heterocycles. The van der Waals surface area contributed by atoms with Crippen LogP contribution in [-0.2, 0) is 5.54 Å². The predicted octanol–water partition coefficient (Wildman–Crippen LogP) is 3.02. The van der Waals surface area contributed by atoms with E-state index in [9.17, 15) is 9.90 Å². The molecule has 7 heteroatoms. The van der Waals surface area contributed by atoms with Gasteiger partial charge in [0.2, 0.25) is 0 Å². The molecule has 6 nitrogen and oxygen atoms in total. The van der Waals surface area contributed by atoms with Crippen LogP contribution in [0.15, 0.2) is 53.5 Å². The van der Waals surface area contributed by atoms with Gasteiger partial charge in [-0.15, -0.1) is 0 Å². The van der Waals surface area contributed by atoms with Gasteiger partial charge in [0, 0.05) is 37.5 Å². The second-order valence-electron chi connectivity index (χ2n) is 7.67. The van der Waals surface area contributed by atoms with Gasteiger partial charge in [-0.05, 0) is 43.2 Å². The minimum absolute atomic E-state index is 0.0425. The number of carbonyl (C=O) groups excluding carboxylic acids is 1. The number of amides is 1. The molecule has 29 heavy (non-hydrogen) atoms. The van der Waals surface area contributed by atoms with E-state index in [1.54, 1.807) is 17.8 Å². The lowest BCUT2D eigenvalue weighted by molar-refractivity contribution is 0.0746. The van der Waals surface area contributed by atoms with E-state index in [4.69, 9.17) is 5.73 Å². The highest BCUT2D eigenvalue weighted by Gasteiger charge is 2.30. The lowest BCUT2D eigenvalue weighted by Crippen LogP contribution is -2.48. The Hall–Kier alpha value is -2.67. The summed E-state index contributed by atoms with van der Waals surface area (Å²) in [5.74, 6) is 1.27. The van der Waals surface area contributed by atoms with Crippen LogP contribution >= 0.6 is 11.8 Å². The van der Waals surface area contributed by atoms with Gasteiger partial charge < -0.3 is 20.6 Å². The van der Waals surface area contributed by atoms with E-state index < -0.39 is 0 Å². The number of benzene rings is 2. The Morgan fingerprint density at radius 2 is 1.79 bits per heavy atom. The quantitative estimate of drug-likeness (QED) is 0.813. The van der Waals surface area contributed by atoms with Gasteiger partial charge >= 0.3 is 0 Å². The molecule has 1 fully saturated rings. The average molecular weight is 411 g/mol. The van der Waals surface area contributed by atoms with E-state index >= 15 is 0 Å². The Kier molecular flexibility index (Phi) is 5.41. The van der Waals surface area contributed by atoms with Crippen molar-refractivity contribution in [1.29, 1.82) is 0 Å². The Labute approximate surface area is 175 Å². The molecule has 3 N–H and O–H groups in total. The van der Waals surface area contributed by atoms with Crippen LogP contribution in [0, 0.1) is 0 Å². The smallest absolute Gasteiger partial charge is 0.253 e. The fraction of sp³-hybridized carbons (Fsp3) is 0.364. The molecule has 1 saturated heterocycles. The van der Waals surface area contributed by atoms with Gasteiger partial charge in [0.05, 0.1) is 11.2 Å². The molecule has 0 saturated carbocycles. The molecule has 2 aliphatic rings. The number of phenolic OH excluding ortho intramolecular Hbond substituents is 1. The molecule has 0 spiro atoms. The molecule has 0 bridgehead atoms. The van der Waals surface area contributed by atoms with Crippen molar-refractivity contribution in [3.05, 3.63) is 59.7 Å². The number of phenols is 1. The lowest BCUT2D eigenvalue weighted by atomic mass is 9.89. The maximum Gasteiger partial charge on any atom is 0.253 e. The van der Waals surface area contributed by atoms with Crippen molar-refractivity contribution in [2.24, 2.45) is 10.7 Å². The van der Waals surface area contributed by atoms with Crippen LogP contribution in [0.1, 0.15) is 29.3 Å². The third-order valence-electron chi connectivity index (χ3n) is 5.74. The Morgan fingerprint density at radius 1 is 1.10 bits per heavy atom. The van der Waals surface area contributed by atoms with Crippen LogP contribution in [0.2, 0.25) is 0 Å². The highest BCUT2D eigenvalue weighted by atomic mass is 32.2. The lowest BCUT2D eigenvalue weighted by Gasteiger charge is -2.36. The fourth-order valence-electron chi connectivity index (χ4n) is 3.93. The van der Waals surface area contributed by atoms with Gasteiger partial charge in [-0.25, -0.2) is 0 Å². The van der Waals surface area contributed by atoms with Gasteiger partial charge in [-0.3, -0.25) is 9.79 Å². The molecule has 1 atom stereocenters. The van der Waals surface area contributed by atoms with Crippen molar-refractivity contribution in [3.63, 3.8) is 0 Å². The van der Waals surface area contributed by atoms with Crippen LogP contribution < -0.4 is 10.6 Å². The first-order valence-electron chi connectivity index (χ1n) is 9.87. The molecule has 0 aromatic heterocycles. The van der Waals surface area contributed by atoms with Crippen LogP contribution in [0.3, 0.4) is 0 Å². The molecule has 1 amide bonds. The van der Waals surface area contributed by atoms with E-state index in [1.165, 1.54) is 0 Å². The minimum atomic E-state index is -0.319. The third-order valence-corrected chi connectivity index (χ3v) is 6.53. The summed E-state index contributed by atoms with van der Waals surface area (Å²) in [6.45, 7) is 4.75. The van der Waals surface area contributed by atoms with Gasteiger partial charge in [0.15, 0.2) is 5.17 Å². The Balaban J connectivity index is 1.42. The highest BCUT2D eigenvalue weighted by Crippen LogP contribution is 2.35. The number of carbonyl (C=O) groups is 1. The van der Waals surface area contributed by atoms with Crippen molar-refractivity contribution in [2.75, 3.05) is 36.8 Å². The number of hydrogen-bond acceptors (Lipinski definition) is 6. The third kappa shape index (κ3) is 4.05. The summed E-state index contributed by atoms with van der Waals surface area (Å²) in [6, 6.07) is 15.1. The second kappa shape index (κ2) is 7.99. The number of aromatic hydroxyl groups is 1. The summed E-state index contributed by atoms with van der Waals surface area (Å²) < 4.78 is 0. The zero-order valence-corrected chi connectivity index (χ0v) is 17.4. The standard InChI is InChI=1S/C22H26N4O2S/c1-22(10-15-29-21(23)24-22)17-8-6-16(7-9-17)20(28)26-13-11-25(12-14-26)18-4-2-3-5-19(18)27/h2-9,27H,10-15H2,1H3,(H2,23,24). The molecular formula is C22H26N4O2S. The van der Waals surface area contributed by atoms with Crippen LogP contribution in [0.5, 0.6) is 5.75 Å². The van der Waals surface area contributed by atoms with Gasteiger partial charge in [-0.1, -0.05) is 36.0 Å². The zero-order valence-electron chi connectivity index (χ0n) is 16.5. The number of hydrogen-bond donors (Lipinski definition) is 2. The van der Waals surface area contributed by atoms with E-state index in [0.29, 0.717) is 36.9 Å². The number of anilines is 1. The molecule has 2 aromatic rings. The minimum Gasteiger partial charge on any atom is -0.506 e. The second-order valence-corrected chi connectivity index (χ2v) is 8.78. The van der Waals surface area contributed by atoms with E-state index in [1.807, 2.05) is 47.4 Å². The van der Waals surface area contributed by atoms with E-state index in [-0.39, 0.29) is 17.2 Å². The van der Waals surface area contributed by atoms with Crippen molar-refractivity contribution >= 4 is 28.5 Å². The van der Waals surface area contributed by atoms with E-state index in [2.05, 4.69) is 16.8 Å². The van der Waals surface area contributed by atoms with Crippen molar-refractivity contribution in [2.45, 2.75) is 18.9 Å². The molecule has 2 aromatic carbocycles. The molecule has 2 heterocycles. The molecule has 152 valence electrons. The first kappa shape index (κ1) is 19.6. The molecular weight excluding hydrogens is 384 g/mol. The zero-order chi connectivity index (χ0) is 20.4. The number of nitrogens with two attached hydrogens (primary N) is 1. The maximum absolute atomic E-state index is 12.9. The van der Waals surface area contributed by atoms with Crippen LogP contribution in [0.25, 0.3) is 0 Å².